The molecule has 4 nitrogen and oxygen atoms in total. The predicted molar refractivity (Wildman–Crippen MR) is 65.9 cm³/mol. The molecule has 0 unspecified atom stereocenters. The molecule has 16 heavy (non-hydrogen) atoms. The number of anilines is 1. The molecular weight excluding hydrogens is 248 g/mol. The monoisotopic (exact) mass is 256 g/mol. The number of thiophene rings is 1. The van der Waals surface area contributed by atoms with Crippen LogP contribution in [0.4, 0.5) is 5.69 Å². The number of carboxylic acid groups (broad SMARTS) is 1. The zero-order valence-corrected chi connectivity index (χ0v) is 10.3. The lowest BCUT2D eigenvalue weighted by molar-refractivity contribution is 0.0703. The fourth-order valence-corrected chi connectivity index (χ4v) is 2.82. The molecule has 0 fully saturated rings. The summed E-state index contributed by atoms with van der Waals surface area (Å²) in [6.07, 6.45) is 0. The van der Waals surface area contributed by atoms with Gasteiger partial charge in [0.1, 0.15) is 14.9 Å². The van der Waals surface area contributed by atoms with E-state index >= 15 is 0 Å². The highest BCUT2D eigenvalue weighted by Crippen LogP contribution is 2.36. The van der Waals surface area contributed by atoms with Crippen LogP contribution in [-0.4, -0.2) is 30.2 Å². The molecule has 0 aromatic carbocycles. The molecule has 0 bridgehead atoms. The first kappa shape index (κ1) is 11.2. The summed E-state index contributed by atoms with van der Waals surface area (Å²) in [4.78, 5) is 17.9. The van der Waals surface area contributed by atoms with E-state index in [4.69, 9.17) is 16.7 Å². The first-order valence-electron chi connectivity index (χ1n) is 4.50. The molecule has 0 radical (unpaired) electrons. The van der Waals surface area contributed by atoms with E-state index in [1.807, 2.05) is 14.1 Å². The molecule has 0 aliphatic rings. The molecule has 2 rings (SSSR count). The fraction of sp³-hybridized carbons (Fsp3) is 0.200. The molecule has 0 amide bonds. The van der Waals surface area contributed by atoms with Crippen LogP contribution in [0.25, 0.3) is 10.2 Å². The van der Waals surface area contributed by atoms with Crippen molar-refractivity contribution < 1.29 is 9.90 Å². The van der Waals surface area contributed by atoms with E-state index in [-0.39, 0.29) is 4.88 Å². The van der Waals surface area contributed by atoms with E-state index in [0.717, 1.165) is 16.7 Å². The van der Waals surface area contributed by atoms with Gasteiger partial charge in [0.2, 0.25) is 0 Å². The van der Waals surface area contributed by atoms with Gasteiger partial charge in [-0.1, -0.05) is 11.6 Å². The van der Waals surface area contributed by atoms with Crippen molar-refractivity contribution in [1.82, 2.24) is 4.98 Å². The molecule has 0 saturated heterocycles. The summed E-state index contributed by atoms with van der Waals surface area (Å²) >= 11 is 6.91. The van der Waals surface area contributed by atoms with E-state index < -0.39 is 5.97 Å². The second-order valence-corrected chi connectivity index (χ2v) is 4.85. The number of rotatable bonds is 2. The SMILES string of the molecule is CN(C)c1c(C(=O)O)sc2nc(Cl)ccc12. The van der Waals surface area contributed by atoms with Crippen LogP contribution in [0.3, 0.4) is 0 Å². The Labute approximate surface area is 101 Å². The number of carboxylic acids is 1. The molecule has 0 aliphatic carbocycles. The van der Waals surface area contributed by atoms with Gasteiger partial charge in [0.15, 0.2) is 0 Å². The van der Waals surface area contributed by atoms with E-state index in [1.165, 1.54) is 0 Å². The Balaban J connectivity index is 2.81. The molecule has 0 aliphatic heterocycles. The molecule has 2 aromatic heterocycles. The summed E-state index contributed by atoms with van der Waals surface area (Å²) in [5, 5.41) is 10.3. The summed E-state index contributed by atoms with van der Waals surface area (Å²) in [6, 6.07) is 3.46. The number of hydrogen-bond acceptors (Lipinski definition) is 4. The minimum atomic E-state index is -0.942. The molecule has 2 aromatic rings. The van der Waals surface area contributed by atoms with Crippen molar-refractivity contribution in [2.24, 2.45) is 0 Å². The lowest BCUT2D eigenvalue weighted by atomic mass is 10.2. The van der Waals surface area contributed by atoms with E-state index in [0.29, 0.717) is 15.7 Å². The quantitative estimate of drug-likeness (QED) is 0.840. The lowest BCUT2D eigenvalue weighted by Gasteiger charge is -2.12. The van der Waals surface area contributed by atoms with Crippen LogP contribution in [0.2, 0.25) is 5.15 Å². The van der Waals surface area contributed by atoms with Crippen molar-refractivity contribution in [1.29, 1.82) is 0 Å². The van der Waals surface area contributed by atoms with Crippen molar-refractivity contribution >= 4 is 44.8 Å². The van der Waals surface area contributed by atoms with Crippen LogP contribution >= 0.6 is 22.9 Å². The minimum Gasteiger partial charge on any atom is -0.477 e. The van der Waals surface area contributed by atoms with Gasteiger partial charge in [0.05, 0.1) is 5.69 Å². The maximum atomic E-state index is 11.1. The van der Waals surface area contributed by atoms with E-state index in [9.17, 15) is 4.79 Å². The number of fused-ring (bicyclic) bond motifs is 1. The Morgan fingerprint density at radius 1 is 1.50 bits per heavy atom. The molecule has 0 spiro atoms. The van der Waals surface area contributed by atoms with Crippen LogP contribution in [0, 0.1) is 0 Å². The van der Waals surface area contributed by atoms with Crippen molar-refractivity contribution in [3.8, 4) is 0 Å². The zero-order chi connectivity index (χ0) is 11.9. The maximum Gasteiger partial charge on any atom is 0.348 e. The molecule has 6 heteroatoms. The number of carbonyl (C=O) groups is 1. The Hall–Kier alpha value is -1.33. The Morgan fingerprint density at radius 3 is 2.75 bits per heavy atom. The zero-order valence-electron chi connectivity index (χ0n) is 8.69. The van der Waals surface area contributed by atoms with Crippen molar-refractivity contribution in [3.63, 3.8) is 0 Å². The highest BCUT2D eigenvalue weighted by molar-refractivity contribution is 7.21. The van der Waals surface area contributed by atoms with Crippen LogP contribution in [0.1, 0.15) is 9.67 Å². The Bertz CT molecular complexity index is 565. The third-order valence-electron chi connectivity index (χ3n) is 2.14. The number of aromatic carboxylic acids is 1. The topological polar surface area (TPSA) is 53.4 Å². The van der Waals surface area contributed by atoms with Gasteiger partial charge in [-0.05, 0) is 12.1 Å². The van der Waals surface area contributed by atoms with Gasteiger partial charge in [-0.2, -0.15) is 0 Å². The van der Waals surface area contributed by atoms with Gasteiger partial charge in [0.25, 0.3) is 0 Å². The Kier molecular flexibility index (Phi) is 2.73. The summed E-state index contributed by atoms with van der Waals surface area (Å²) < 4.78 is 0. The van der Waals surface area contributed by atoms with Crippen LogP contribution < -0.4 is 4.90 Å². The summed E-state index contributed by atoms with van der Waals surface area (Å²) in [5.74, 6) is -0.942. The number of halogens is 1. The largest absolute Gasteiger partial charge is 0.477 e. The standard InChI is InChI=1S/C10H9ClN2O2S/c1-13(2)7-5-3-4-6(11)12-9(5)16-8(7)10(14)15/h3-4H,1-2H3,(H,14,15). The van der Waals surface area contributed by atoms with Gasteiger partial charge in [0, 0.05) is 19.5 Å². The normalized spacial score (nSPS) is 10.7. The van der Waals surface area contributed by atoms with Gasteiger partial charge in [-0.25, -0.2) is 9.78 Å². The molecule has 84 valence electrons. The highest BCUT2D eigenvalue weighted by Gasteiger charge is 2.19. The van der Waals surface area contributed by atoms with Gasteiger partial charge in [-0.15, -0.1) is 11.3 Å². The second-order valence-electron chi connectivity index (χ2n) is 3.47. The number of aromatic nitrogens is 1. The fourth-order valence-electron chi connectivity index (χ4n) is 1.53. The summed E-state index contributed by atoms with van der Waals surface area (Å²) in [7, 11) is 3.62. The summed E-state index contributed by atoms with van der Waals surface area (Å²) in [6.45, 7) is 0. The predicted octanol–water partition coefficient (Wildman–Crippen LogP) is 2.71. The van der Waals surface area contributed by atoms with Gasteiger partial charge in [-0.3, -0.25) is 0 Å². The van der Waals surface area contributed by atoms with Gasteiger partial charge < -0.3 is 10.0 Å². The number of pyridine rings is 1. The minimum absolute atomic E-state index is 0.287. The maximum absolute atomic E-state index is 11.1. The molecule has 1 N–H and O–H groups in total. The molecule has 0 atom stereocenters. The smallest absolute Gasteiger partial charge is 0.348 e. The van der Waals surface area contributed by atoms with Crippen LogP contribution in [-0.2, 0) is 0 Å². The molecule has 0 saturated carbocycles. The number of hydrogen-bond donors (Lipinski definition) is 1. The van der Waals surface area contributed by atoms with E-state index in [1.54, 1.807) is 17.0 Å². The third kappa shape index (κ3) is 1.72. The first-order valence-corrected chi connectivity index (χ1v) is 5.70. The average Bonchev–Trinajstić information content (AvgIpc) is 2.55. The second kappa shape index (κ2) is 3.92. The van der Waals surface area contributed by atoms with E-state index in [2.05, 4.69) is 4.98 Å². The van der Waals surface area contributed by atoms with Crippen LogP contribution in [0.5, 0.6) is 0 Å². The summed E-state index contributed by atoms with van der Waals surface area (Å²) in [5.41, 5.74) is 0.677. The lowest BCUT2D eigenvalue weighted by Crippen LogP contribution is -2.11. The third-order valence-corrected chi connectivity index (χ3v) is 3.42. The molecular formula is C10H9ClN2O2S. The highest BCUT2D eigenvalue weighted by atomic mass is 35.5. The average molecular weight is 257 g/mol. The van der Waals surface area contributed by atoms with Crippen molar-refractivity contribution in [2.45, 2.75) is 0 Å². The molecule has 2 heterocycles. The Morgan fingerprint density at radius 2 is 2.19 bits per heavy atom. The van der Waals surface area contributed by atoms with Crippen LogP contribution in [0.15, 0.2) is 12.1 Å². The first-order chi connectivity index (χ1) is 7.50. The number of nitrogens with zero attached hydrogens (tertiary/aromatic N) is 2. The van der Waals surface area contributed by atoms with Gasteiger partial charge >= 0.3 is 5.97 Å². The van der Waals surface area contributed by atoms with Crippen molar-refractivity contribution in [3.05, 3.63) is 22.2 Å². The van der Waals surface area contributed by atoms with Crippen molar-refractivity contribution in [2.75, 3.05) is 19.0 Å².